The van der Waals surface area contributed by atoms with Crippen molar-refractivity contribution in [3.8, 4) is 0 Å². The zero-order valence-corrected chi connectivity index (χ0v) is 21.3. The van der Waals surface area contributed by atoms with Gasteiger partial charge in [0.05, 0.1) is 12.4 Å². The quantitative estimate of drug-likeness (QED) is 0.0491. The van der Waals surface area contributed by atoms with Gasteiger partial charge in [0.2, 0.25) is 17.7 Å². The molecule has 1 heterocycles. The Morgan fingerprint density at radius 1 is 1.08 bits per heavy atom. The fourth-order valence-electron chi connectivity index (χ4n) is 3.19. The number of aliphatic carboxylic acids is 1. The molecule has 11 N–H and O–H groups in total. The number of amides is 3. The summed E-state index contributed by atoms with van der Waals surface area (Å²) in [5.74, 6) is -3.29. The van der Waals surface area contributed by atoms with Crippen molar-refractivity contribution in [1.29, 1.82) is 0 Å². The fourth-order valence-corrected chi connectivity index (χ4v) is 3.44. The van der Waals surface area contributed by atoms with E-state index in [4.69, 9.17) is 17.2 Å². The molecule has 4 atom stereocenters. The molecule has 0 saturated carbocycles. The minimum atomic E-state index is -1.24. The van der Waals surface area contributed by atoms with Crippen LogP contribution in [0, 0.1) is 5.92 Å². The lowest BCUT2D eigenvalue weighted by molar-refractivity contribution is -0.141. The Bertz CT molecular complexity index is 890. The van der Waals surface area contributed by atoms with E-state index >= 15 is 0 Å². The van der Waals surface area contributed by atoms with Crippen molar-refractivity contribution in [1.82, 2.24) is 25.9 Å². The molecule has 0 bridgehead atoms. The number of hydrogen-bond acceptors (Lipinski definition) is 8. The van der Waals surface area contributed by atoms with Crippen molar-refractivity contribution in [3.05, 3.63) is 18.2 Å². The Balaban J connectivity index is 2.96. The van der Waals surface area contributed by atoms with Gasteiger partial charge in [-0.25, -0.2) is 9.78 Å². The lowest BCUT2D eigenvalue weighted by Gasteiger charge is -2.25. The molecular formula is C21H37N9O5S. The van der Waals surface area contributed by atoms with Gasteiger partial charge in [-0.2, -0.15) is 12.6 Å². The van der Waals surface area contributed by atoms with E-state index in [9.17, 15) is 24.3 Å². The maximum absolute atomic E-state index is 13.2. The van der Waals surface area contributed by atoms with E-state index in [-0.39, 0.29) is 36.9 Å². The van der Waals surface area contributed by atoms with Crippen LogP contribution in [0.25, 0.3) is 0 Å². The first-order valence-corrected chi connectivity index (χ1v) is 12.1. The molecule has 202 valence electrons. The Hall–Kier alpha value is -3.33. The van der Waals surface area contributed by atoms with Crippen molar-refractivity contribution in [2.24, 2.45) is 28.1 Å². The molecule has 4 unspecified atom stereocenters. The first-order valence-electron chi connectivity index (χ1n) is 11.5. The van der Waals surface area contributed by atoms with Gasteiger partial charge in [-0.3, -0.25) is 19.4 Å². The molecule has 3 amide bonds. The molecule has 0 fully saturated rings. The third-order valence-corrected chi connectivity index (χ3v) is 5.42. The molecule has 1 aromatic rings. The fraction of sp³-hybridized carbons (Fsp3) is 0.619. The zero-order valence-electron chi connectivity index (χ0n) is 20.4. The molecule has 0 aromatic carbocycles. The monoisotopic (exact) mass is 527 g/mol. The predicted molar refractivity (Wildman–Crippen MR) is 137 cm³/mol. The maximum Gasteiger partial charge on any atom is 0.327 e. The molecule has 15 heteroatoms. The second-order valence-corrected chi connectivity index (χ2v) is 9.04. The molecule has 0 saturated heterocycles. The van der Waals surface area contributed by atoms with Crippen LogP contribution in [0.15, 0.2) is 17.5 Å². The van der Waals surface area contributed by atoms with Crippen LogP contribution in [0.3, 0.4) is 0 Å². The van der Waals surface area contributed by atoms with Crippen LogP contribution < -0.4 is 33.2 Å². The van der Waals surface area contributed by atoms with E-state index in [0.717, 1.165) is 0 Å². The van der Waals surface area contributed by atoms with E-state index in [1.54, 1.807) is 0 Å². The summed E-state index contributed by atoms with van der Waals surface area (Å²) in [6.07, 6.45) is 3.97. The first-order chi connectivity index (χ1) is 16.9. The Kier molecular flexibility index (Phi) is 13.3. The number of thiol groups is 1. The number of carbonyl (C=O) groups excluding carboxylic acids is 3. The number of carboxylic acids is 1. The number of carbonyl (C=O) groups is 4. The number of imidazole rings is 1. The average Bonchev–Trinajstić information content (AvgIpc) is 3.31. The maximum atomic E-state index is 13.2. The van der Waals surface area contributed by atoms with Gasteiger partial charge in [-0.05, 0) is 25.2 Å². The number of guanidine groups is 1. The number of H-pyrrole nitrogens is 1. The molecule has 1 rings (SSSR count). The summed E-state index contributed by atoms with van der Waals surface area (Å²) >= 11 is 3.95. The molecular weight excluding hydrogens is 490 g/mol. The van der Waals surface area contributed by atoms with Crippen LogP contribution in [-0.2, 0) is 25.6 Å². The molecule has 0 aliphatic carbocycles. The molecule has 0 spiro atoms. The van der Waals surface area contributed by atoms with Crippen LogP contribution in [0.1, 0.15) is 38.8 Å². The number of aromatic amines is 1. The summed E-state index contributed by atoms with van der Waals surface area (Å²) in [5, 5.41) is 16.9. The van der Waals surface area contributed by atoms with E-state index in [1.807, 2.05) is 13.8 Å². The van der Waals surface area contributed by atoms with Crippen molar-refractivity contribution in [2.75, 3.05) is 12.3 Å². The lowest BCUT2D eigenvalue weighted by atomic mass is 10.0. The van der Waals surface area contributed by atoms with Crippen molar-refractivity contribution in [2.45, 2.75) is 63.7 Å². The van der Waals surface area contributed by atoms with E-state index in [2.05, 4.69) is 43.5 Å². The van der Waals surface area contributed by atoms with Crippen LogP contribution in [-0.4, -0.2) is 81.2 Å². The van der Waals surface area contributed by atoms with Crippen LogP contribution in [0.5, 0.6) is 0 Å². The number of nitrogens with two attached hydrogens (primary N) is 3. The topological polar surface area (TPSA) is 244 Å². The van der Waals surface area contributed by atoms with E-state index in [1.165, 1.54) is 12.5 Å². The normalized spacial score (nSPS) is 14.2. The summed E-state index contributed by atoms with van der Waals surface area (Å²) in [6, 6.07) is -4.25. The third kappa shape index (κ3) is 11.4. The highest BCUT2D eigenvalue weighted by molar-refractivity contribution is 7.80. The number of nitrogens with one attached hydrogen (secondary N) is 4. The SMILES string of the molecule is CC(C)CC(NC(=O)C(Cc1cnc[nH]1)NC(=O)C(N)CCCN=C(N)N)C(=O)NC(CS)C(=O)O. The van der Waals surface area contributed by atoms with Crippen molar-refractivity contribution >= 4 is 42.3 Å². The van der Waals surface area contributed by atoms with Gasteiger partial charge < -0.3 is 43.2 Å². The van der Waals surface area contributed by atoms with Crippen LogP contribution in [0.4, 0.5) is 0 Å². The molecule has 14 nitrogen and oxygen atoms in total. The van der Waals surface area contributed by atoms with Gasteiger partial charge in [0.25, 0.3) is 0 Å². The van der Waals surface area contributed by atoms with Crippen LogP contribution >= 0.6 is 12.6 Å². The standard InChI is InChI=1S/C21H37N9O5S/c1-11(2)6-14(18(32)30-16(9-36)20(34)35)29-19(33)15(7-12-8-25-10-27-12)28-17(31)13(22)4-3-5-26-21(23)24/h8,10-11,13-16,36H,3-7,9,22H2,1-2H3,(H,25,27)(H,28,31)(H,29,33)(H,30,32)(H,34,35)(H4,23,24,26). The molecule has 1 aromatic heterocycles. The van der Waals surface area contributed by atoms with Crippen molar-refractivity contribution < 1.29 is 24.3 Å². The minimum absolute atomic E-state index is 0.000355. The summed E-state index contributed by atoms with van der Waals surface area (Å²) in [6.45, 7) is 4.01. The Labute approximate surface area is 215 Å². The van der Waals surface area contributed by atoms with Crippen molar-refractivity contribution in [3.63, 3.8) is 0 Å². The van der Waals surface area contributed by atoms with Gasteiger partial charge in [0.1, 0.15) is 18.1 Å². The highest BCUT2D eigenvalue weighted by Crippen LogP contribution is 2.08. The summed E-state index contributed by atoms with van der Waals surface area (Å²) < 4.78 is 0. The van der Waals surface area contributed by atoms with E-state index < -0.39 is 47.9 Å². The summed E-state index contributed by atoms with van der Waals surface area (Å²) in [7, 11) is 0. The molecule has 36 heavy (non-hydrogen) atoms. The number of carboxylic acid groups (broad SMARTS) is 1. The third-order valence-electron chi connectivity index (χ3n) is 5.05. The highest BCUT2D eigenvalue weighted by Gasteiger charge is 2.30. The van der Waals surface area contributed by atoms with Gasteiger partial charge in [0.15, 0.2) is 5.96 Å². The Morgan fingerprint density at radius 3 is 2.22 bits per heavy atom. The number of rotatable bonds is 16. The number of nitrogens with zero attached hydrogens (tertiary/aromatic N) is 2. The summed E-state index contributed by atoms with van der Waals surface area (Å²) in [4.78, 5) is 60.6. The first kappa shape index (κ1) is 30.7. The van der Waals surface area contributed by atoms with Gasteiger partial charge in [-0.15, -0.1) is 0 Å². The average molecular weight is 528 g/mol. The smallest absolute Gasteiger partial charge is 0.327 e. The zero-order chi connectivity index (χ0) is 27.3. The largest absolute Gasteiger partial charge is 0.480 e. The summed E-state index contributed by atoms with van der Waals surface area (Å²) in [5.41, 5.74) is 17.1. The van der Waals surface area contributed by atoms with Gasteiger partial charge in [0, 0.05) is 30.6 Å². The molecule has 0 aliphatic heterocycles. The second-order valence-electron chi connectivity index (χ2n) is 8.67. The molecule has 0 radical (unpaired) electrons. The number of hydrogen-bond donors (Lipinski definition) is 9. The molecule has 0 aliphatic rings. The second kappa shape index (κ2) is 15.6. The van der Waals surface area contributed by atoms with Gasteiger partial charge in [-0.1, -0.05) is 13.8 Å². The van der Waals surface area contributed by atoms with Crippen LogP contribution in [0.2, 0.25) is 0 Å². The number of aliphatic imine (C=N–C) groups is 1. The number of aromatic nitrogens is 2. The lowest BCUT2D eigenvalue weighted by Crippen LogP contribution is -2.58. The van der Waals surface area contributed by atoms with Gasteiger partial charge >= 0.3 is 5.97 Å². The Morgan fingerprint density at radius 2 is 1.69 bits per heavy atom. The minimum Gasteiger partial charge on any atom is -0.480 e. The van der Waals surface area contributed by atoms with E-state index in [0.29, 0.717) is 18.7 Å². The highest BCUT2D eigenvalue weighted by atomic mass is 32.1. The predicted octanol–water partition coefficient (Wildman–Crippen LogP) is -2.15.